The number of rotatable bonds is 5. The lowest BCUT2D eigenvalue weighted by atomic mass is 10.1. The van der Waals surface area contributed by atoms with Crippen molar-refractivity contribution >= 4 is 53.4 Å². The third-order valence-electron chi connectivity index (χ3n) is 4.04. The Morgan fingerprint density at radius 1 is 1.00 bits per heavy atom. The number of carbonyl (C=O) groups excluding carboxylic acids is 2. The summed E-state index contributed by atoms with van der Waals surface area (Å²) in [6.45, 7) is 0. The SMILES string of the molecule is COc1ccc(C(=O)Nc2cccc(Cl)c2)cc1N(S)C(=O)Nc1ccc(F)cc1. The highest BCUT2D eigenvalue weighted by Crippen LogP contribution is 2.31. The Hall–Kier alpha value is -3.23. The van der Waals surface area contributed by atoms with Crippen LogP contribution < -0.4 is 19.7 Å². The number of ether oxygens (including phenoxy) is 1. The quantitative estimate of drug-likeness (QED) is 0.446. The summed E-state index contributed by atoms with van der Waals surface area (Å²) in [4.78, 5) is 25.2. The van der Waals surface area contributed by atoms with Gasteiger partial charge in [-0.05, 0) is 60.7 Å². The van der Waals surface area contributed by atoms with Crippen molar-refractivity contribution in [1.82, 2.24) is 0 Å². The number of anilines is 3. The van der Waals surface area contributed by atoms with Crippen LogP contribution in [-0.2, 0) is 0 Å². The molecule has 6 nitrogen and oxygen atoms in total. The van der Waals surface area contributed by atoms with E-state index in [0.717, 1.165) is 4.31 Å². The molecule has 0 atom stereocenters. The number of methoxy groups -OCH3 is 1. The molecule has 30 heavy (non-hydrogen) atoms. The van der Waals surface area contributed by atoms with Gasteiger partial charge in [0.1, 0.15) is 11.6 Å². The Balaban J connectivity index is 1.81. The van der Waals surface area contributed by atoms with Gasteiger partial charge in [-0.25, -0.2) is 13.5 Å². The summed E-state index contributed by atoms with van der Waals surface area (Å²) >= 11 is 10.2. The Kier molecular flexibility index (Phi) is 6.81. The molecule has 3 aromatic carbocycles. The predicted octanol–water partition coefficient (Wildman–Crippen LogP) is 5.62. The Labute approximate surface area is 183 Å². The van der Waals surface area contributed by atoms with Crippen LogP contribution in [0.4, 0.5) is 26.2 Å². The zero-order chi connectivity index (χ0) is 21.7. The largest absolute Gasteiger partial charge is 0.495 e. The fourth-order valence-electron chi connectivity index (χ4n) is 2.59. The van der Waals surface area contributed by atoms with Gasteiger partial charge >= 0.3 is 6.03 Å². The van der Waals surface area contributed by atoms with Gasteiger partial charge in [0.25, 0.3) is 5.91 Å². The van der Waals surface area contributed by atoms with Crippen LogP contribution in [0.3, 0.4) is 0 Å². The van der Waals surface area contributed by atoms with Crippen molar-refractivity contribution in [3.8, 4) is 5.75 Å². The molecule has 0 saturated carbocycles. The Morgan fingerprint density at radius 3 is 2.40 bits per heavy atom. The summed E-state index contributed by atoms with van der Waals surface area (Å²) < 4.78 is 19.3. The third-order valence-corrected chi connectivity index (χ3v) is 4.67. The van der Waals surface area contributed by atoms with E-state index in [4.69, 9.17) is 16.3 Å². The maximum Gasteiger partial charge on any atom is 0.336 e. The molecule has 0 unspecified atom stereocenters. The molecule has 0 aliphatic rings. The molecule has 3 rings (SSSR count). The monoisotopic (exact) mass is 445 g/mol. The molecule has 0 aliphatic heterocycles. The lowest BCUT2D eigenvalue weighted by Gasteiger charge is -2.20. The van der Waals surface area contributed by atoms with Crippen molar-refractivity contribution < 1.29 is 18.7 Å². The number of halogens is 2. The smallest absolute Gasteiger partial charge is 0.336 e. The van der Waals surface area contributed by atoms with Crippen molar-refractivity contribution in [2.75, 3.05) is 22.0 Å². The first-order valence-electron chi connectivity index (χ1n) is 8.68. The molecule has 9 heteroatoms. The molecule has 0 saturated heterocycles. The lowest BCUT2D eigenvalue weighted by Crippen LogP contribution is -2.27. The summed E-state index contributed by atoms with van der Waals surface area (Å²) in [7, 11) is 1.43. The van der Waals surface area contributed by atoms with Crippen LogP contribution in [0.2, 0.25) is 5.02 Å². The average Bonchev–Trinajstić information content (AvgIpc) is 2.74. The number of hydrogen-bond acceptors (Lipinski definition) is 4. The van der Waals surface area contributed by atoms with Crippen LogP contribution in [0.25, 0.3) is 0 Å². The van der Waals surface area contributed by atoms with E-state index < -0.39 is 17.8 Å². The highest BCUT2D eigenvalue weighted by Gasteiger charge is 2.19. The van der Waals surface area contributed by atoms with Gasteiger partial charge in [0.05, 0.1) is 12.8 Å². The molecule has 154 valence electrons. The van der Waals surface area contributed by atoms with Crippen molar-refractivity contribution in [2.24, 2.45) is 0 Å². The number of urea groups is 1. The van der Waals surface area contributed by atoms with Crippen molar-refractivity contribution in [3.63, 3.8) is 0 Å². The van der Waals surface area contributed by atoms with Crippen molar-refractivity contribution in [3.05, 3.63) is 83.1 Å². The molecule has 3 amide bonds. The second kappa shape index (κ2) is 9.51. The summed E-state index contributed by atoms with van der Waals surface area (Å²) in [6.07, 6.45) is 0. The van der Waals surface area contributed by atoms with Gasteiger partial charge < -0.3 is 15.4 Å². The zero-order valence-electron chi connectivity index (χ0n) is 15.7. The second-order valence-corrected chi connectivity index (χ2v) is 6.94. The number of nitrogens with one attached hydrogen (secondary N) is 2. The van der Waals surface area contributed by atoms with E-state index in [2.05, 4.69) is 23.4 Å². The van der Waals surface area contributed by atoms with E-state index in [-0.39, 0.29) is 11.3 Å². The molecule has 0 spiro atoms. The summed E-state index contributed by atoms with van der Waals surface area (Å²) in [5.41, 5.74) is 1.44. The third kappa shape index (κ3) is 5.22. The predicted molar refractivity (Wildman–Crippen MR) is 119 cm³/mol. The molecular formula is C21H17ClFN3O3S. The van der Waals surface area contributed by atoms with Gasteiger partial charge in [-0.15, -0.1) is 0 Å². The molecular weight excluding hydrogens is 429 g/mol. The molecule has 0 aliphatic carbocycles. The van der Waals surface area contributed by atoms with E-state index in [1.807, 2.05) is 0 Å². The molecule has 0 bridgehead atoms. The lowest BCUT2D eigenvalue weighted by molar-refractivity contribution is 0.102. The number of nitrogens with zero attached hydrogens (tertiary/aromatic N) is 1. The molecule has 0 radical (unpaired) electrons. The van der Waals surface area contributed by atoms with Crippen LogP contribution in [0.1, 0.15) is 10.4 Å². The number of thiol groups is 1. The maximum atomic E-state index is 13.0. The summed E-state index contributed by atoms with van der Waals surface area (Å²) in [5.74, 6) is -0.490. The second-order valence-electron chi connectivity index (χ2n) is 6.10. The van der Waals surface area contributed by atoms with Crippen LogP contribution in [0, 0.1) is 5.82 Å². The number of benzene rings is 3. The van der Waals surface area contributed by atoms with Gasteiger partial charge in [-0.2, -0.15) is 0 Å². The van der Waals surface area contributed by atoms with Gasteiger partial charge in [0, 0.05) is 22.0 Å². The van der Waals surface area contributed by atoms with Crippen LogP contribution >= 0.6 is 24.4 Å². The van der Waals surface area contributed by atoms with E-state index in [0.29, 0.717) is 22.1 Å². The number of hydrogen-bond donors (Lipinski definition) is 3. The molecule has 0 fully saturated rings. The minimum absolute atomic E-state index is 0.249. The van der Waals surface area contributed by atoms with Gasteiger partial charge in [-0.3, -0.25) is 4.79 Å². The first-order chi connectivity index (χ1) is 14.4. The minimum Gasteiger partial charge on any atom is -0.495 e. The number of amides is 3. The van der Waals surface area contributed by atoms with E-state index in [9.17, 15) is 14.0 Å². The van der Waals surface area contributed by atoms with Crippen LogP contribution in [-0.4, -0.2) is 19.0 Å². The van der Waals surface area contributed by atoms with E-state index >= 15 is 0 Å². The highest BCUT2D eigenvalue weighted by molar-refractivity contribution is 7.82. The van der Waals surface area contributed by atoms with Crippen molar-refractivity contribution in [1.29, 1.82) is 0 Å². The average molecular weight is 446 g/mol. The molecule has 0 aromatic heterocycles. The normalized spacial score (nSPS) is 10.3. The van der Waals surface area contributed by atoms with Gasteiger partial charge in [0.2, 0.25) is 0 Å². The molecule has 3 aromatic rings. The fourth-order valence-corrected chi connectivity index (χ4v) is 2.98. The summed E-state index contributed by atoms with van der Waals surface area (Å²) in [6, 6.07) is 16.0. The van der Waals surface area contributed by atoms with Crippen LogP contribution in [0.15, 0.2) is 66.7 Å². The standard InChI is InChI=1S/C21H17ClFN3O3S/c1-29-19-10-5-13(20(27)24-17-4-2-3-14(22)12-17)11-18(19)26(30)21(28)25-16-8-6-15(23)7-9-16/h2-12,30H,1H3,(H,24,27)(H,25,28). The molecule has 0 heterocycles. The topological polar surface area (TPSA) is 70.7 Å². The minimum atomic E-state index is -0.615. The fraction of sp³-hybridized carbons (Fsp3) is 0.0476. The maximum absolute atomic E-state index is 13.0. The van der Waals surface area contributed by atoms with Gasteiger partial charge in [0.15, 0.2) is 0 Å². The van der Waals surface area contributed by atoms with E-state index in [1.54, 1.807) is 36.4 Å². The van der Waals surface area contributed by atoms with Crippen LogP contribution in [0.5, 0.6) is 5.75 Å². The first-order valence-corrected chi connectivity index (χ1v) is 9.45. The van der Waals surface area contributed by atoms with E-state index in [1.165, 1.54) is 37.4 Å². The van der Waals surface area contributed by atoms with Crippen molar-refractivity contribution in [2.45, 2.75) is 0 Å². The first kappa shape index (κ1) is 21.5. The van der Waals surface area contributed by atoms with Gasteiger partial charge in [-0.1, -0.05) is 30.5 Å². The highest BCUT2D eigenvalue weighted by atomic mass is 35.5. The molecule has 2 N–H and O–H groups in total. The zero-order valence-corrected chi connectivity index (χ0v) is 17.4. The summed E-state index contributed by atoms with van der Waals surface area (Å²) in [5, 5.41) is 5.81. The Morgan fingerprint density at radius 2 is 1.73 bits per heavy atom. The Bertz CT molecular complexity index is 1080. The number of carbonyl (C=O) groups is 2.